The first kappa shape index (κ1) is 27.3. The van der Waals surface area contributed by atoms with Crippen LogP contribution in [0.4, 0.5) is 5.69 Å². The fraction of sp³-hybridized carbons (Fsp3) is 0.179. The molecule has 3 aromatic rings. The molecule has 2 amide bonds. The van der Waals surface area contributed by atoms with Gasteiger partial charge in [0.05, 0.1) is 12.8 Å². The first-order chi connectivity index (χ1) is 17.9. The Labute approximate surface area is 220 Å². The normalized spacial score (nSPS) is 10.6. The number of ether oxygens (including phenoxy) is 3. The largest absolute Gasteiger partial charge is 0.490 e. The molecule has 0 aliphatic carbocycles. The SMILES string of the molecule is C=CCOc1ccc(C(=O)N/N=C/c2cc(Cl)ccc2OCC(=O)Nc2ccc(C)cc2)cc1OCC. The van der Waals surface area contributed by atoms with Gasteiger partial charge in [-0.1, -0.05) is 42.0 Å². The Bertz CT molecular complexity index is 1280. The fourth-order valence-corrected chi connectivity index (χ4v) is 3.32. The third-order valence-corrected chi connectivity index (χ3v) is 5.13. The number of carbonyl (C=O) groups excluding carboxylic acids is 2. The van der Waals surface area contributed by atoms with Crippen LogP contribution in [0.3, 0.4) is 0 Å². The second-order valence-corrected chi connectivity index (χ2v) is 8.21. The monoisotopic (exact) mass is 521 g/mol. The maximum Gasteiger partial charge on any atom is 0.271 e. The number of carbonyl (C=O) groups is 2. The zero-order valence-corrected chi connectivity index (χ0v) is 21.4. The first-order valence-corrected chi connectivity index (χ1v) is 11.9. The van der Waals surface area contributed by atoms with Gasteiger partial charge < -0.3 is 19.5 Å². The van der Waals surface area contributed by atoms with E-state index in [0.29, 0.717) is 52.3 Å². The van der Waals surface area contributed by atoms with E-state index in [-0.39, 0.29) is 12.5 Å². The third-order valence-electron chi connectivity index (χ3n) is 4.90. The molecular formula is C28H28ClN3O5. The minimum atomic E-state index is -0.450. The number of halogens is 1. The van der Waals surface area contributed by atoms with Crippen LogP contribution in [0.1, 0.15) is 28.4 Å². The molecule has 0 aliphatic rings. The van der Waals surface area contributed by atoms with Gasteiger partial charge in [0.1, 0.15) is 12.4 Å². The van der Waals surface area contributed by atoms with E-state index in [0.717, 1.165) is 5.56 Å². The fourth-order valence-electron chi connectivity index (χ4n) is 3.14. The molecule has 2 N–H and O–H groups in total. The van der Waals surface area contributed by atoms with Crippen LogP contribution in [0.25, 0.3) is 0 Å². The Morgan fingerprint density at radius 3 is 2.46 bits per heavy atom. The van der Waals surface area contributed by atoms with Crippen molar-refractivity contribution >= 4 is 35.3 Å². The quantitative estimate of drug-likeness (QED) is 0.189. The Morgan fingerprint density at radius 1 is 0.973 bits per heavy atom. The third kappa shape index (κ3) is 8.40. The van der Waals surface area contributed by atoms with Crippen LogP contribution >= 0.6 is 11.6 Å². The smallest absolute Gasteiger partial charge is 0.271 e. The van der Waals surface area contributed by atoms with Crippen LogP contribution in [-0.4, -0.2) is 37.8 Å². The summed E-state index contributed by atoms with van der Waals surface area (Å²) in [5.41, 5.74) is 5.06. The van der Waals surface area contributed by atoms with Gasteiger partial charge in [0.25, 0.3) is 11.8 Å². The zero-order valence-electron chi connectivity index (χ0n) is 20.6. The molecule has 0 saturated carbocycles. The van der Waals surface area contributed by atoms with Crippen molar-refractivity contribution in [1.82, 2.24) is 5.43 Å². The molecule has 0 fully saturated rings. The lowest BCUT2D eigenvalue weighted by Crippen LogP contribution is -2.20. The summed E-state index contributed by atoms with van der Waals surface area (Å²) in [5.74, 6) is 0.559. The Balaban J connectivity index is 1.64. The number of aryl methyl sites for hydroxylation is 1. The van der Waals surface area contributed by atoms with Crippen LogP contribution < -0.4 is 25.0 Å². The summed E-state index contributed by atoms with van der Waals surface area (Å²) in [7, 11) is 0. The van der Waals surface area contributed by atoms with E-state index in [1.807, 2.05) is 38.1 Å². The van der Waals surface area contributed by atoms with Gasteiger partial charge in [-0.2, -0.15) is 5.10 Å². The molecule has 0 spiro atoms. The minimum Gasteiger partial charge on any atom is -0.490 e. The van der Waals surface area contributed by atoms with Crippen molar-refractivity contribution in [3.63, 3.8) is 0 Å². The summed E-state index contributed by atoms with van der Waals surface area (Å²) in [5, 5.41) is 7.24. The maximum absolute atomic E-state index is 12.6. The van der Waals surface area contributed by atoms with Gasteiger partial charge in [-0.25, -0.2) is 5.43 Å². The topological polar surface area (TPSA) is 98.3 Å². The number of amides is 2. The van der Waals surface area contributed by atoms with E-state index in [4.69, 9.17) is 25.8 Å². The summed E-state index contributed by atoms with van der Waals surface area (Å²) in [6.45, 7) is 7.93. The van der Waals surface area contributed by atoms with Crippen molar-refractivity contribution in [2.45, 2.75) is 13.8 Å². The molecule has 0 unspecified atom stereocenters. The molecule has 3 aromatic carbocycles. The van der Waals surface area contributed by atoms with Gasteiger partial charge in [0, 0.05) is 21.8 Å². The van der Waals surface area contributed by atoms with Crippen molar-refractivity contribution < 1.29 is 23.8 Å². The van der Waals surface area contributed by atoms with Gasteiger partial charge >= 0.3 is 0 Å². The minimum absolute atomic E-state index is 0.219. The van der Waals surface area contributed by atoms with Crippen molar-refractivity contribution in [2.75, 3.05) is 25.1 Å². The number of nitrogens with zero attached hydrogens (tertiary/aromatic N) is 1. The van der Waals surface area contributed by atoms with Crippen molar-refractivity contribution in [3.8, 4) is 17.2 Å². The van der Waals surface area contributed by atoms with Crippen LogP contribution in [0.5, 0.6) is 17.2 Å². The Morgan fingerprint density at radius 2 is 1.73 bits per heavy atom. The summed E-state index contributed by atoms with van der Waals surface area (Å²) in [6, 6.07) is 17.1. The number of anilines is 1. The van der Waals surface area contributed by atoms with E-state index >= 15 is 0 Å². The molecule has 192 valence electrons. The summed E-state index contributed by atoms with van der Waals surface area (Å²) in [6.07, 6.45) is 3.01. The van der Waals surface area contributed by atoms with Gasteiger partial charge in [0.2, 0.25) is 0 Å². The standard InChI is InChI=1S/C28H28ClN3O5/c1-4-14-36-25-12-8-20(16-26(25)35-5-2)28(34)32-30-17-21-15-22(29)9-13-24(21)37-18-27(33)31-23-10-6-19(3)7-11-23/h4,6-13,15-17H,1,5,14,18H2,2-3H3,(H,31,33)(H,32,34)/b30-17+. The summed E-state index contributed by atoms with van der Waals surface area (Å²) < 4.78 is 16.8. The number of rotatable bonds is 12. The number of benzene rings is 3. The highest BCUT2D eigenvalue weighted by Gasteiger charge is 2.12. The molecule has 0 aromatic heterocycles. The number of hydrogen-bond acceptors (Lipinski definition) is 6. The van der Waals surface area contributed by atoms with Gasteiger partial charge in [-0.05, 0) is 62.4 Å². The predicted molar refractivity (Wildman–Crippen MR) is 145 cm³/mol. The second-order valence-electron chi connectivity index (χ2n) is 7.78. The molecule has 37 heavy (non-hydrogen) atoms. The molecule has 9 heteroatoms. The van der Waals surface area contributed by atoms with E-state index in [9.17, 15) is 9.59 Å². The van der Waals surface area contributed by atoms with Crippen LogP contribution in [-0.2, 0) is 4.79 Å². The highest BCUT2D eigenvalue weighted by molar-refractivity contribution is 6.30. The van der Waals surface area contributed by atoms with E-state index < -0.39 is 5.91 Å². The molecule has 0 bridgehead atoms. The van der Waals surface area contributed by atoms with Crippen LogP contribution in [0.2, 0.25) is 5.02 Å². The lowest BCUT2D eigenvalue weighted by molar-refractivity contribution is -0.118. The molecule has 0 aliphatic heterocycles. The molecule has 0 atom stereocenters. The van der Waals surface area contributed by atoms with Gasteiger partial charge in [-0.15, -0.1) is 0 Å². The lowest BCUT2D eigenvalue weighted by Gasteiger charge is -2.12. The molecule has 3 rings (SSSR count). The number of nitrogens with one attached hydrogen (secondary N) is 2. The lowest BCUT2D eigenvalue weighted by atomic mass is 10.2. The average Bonchev–Trinajstić information content (AvgIpc) is 2.89. The molecule has 8 nitrogen and oxygen atoms in total. The van der Waals surface area contributed by atoms with Crippen LogP contribution in [0.15, 0.2) is 78.4 Å². The van der Waals surface area contributed by atoms with Gasteiger partial charge in [-0.3, -0.25) is 9.59 Å². The molecule has 0 saturated heterocycles. The number of hydrazone groups is 1. The van der Waals surface area contributed by atoms with Crippen LogP contribution in [0, 0.1) is 6.92 Å². The van der Waals surface area contributed by atoms with Crippen molar-refractivity contribution in [2.24, 2.45) is 5.10 Å². The van der Waals surface area contributed by atoms with E-state index in [2.05, 4.69) is 22.4 Å². The van der Waals surface area contributed by atoms with E-state index in [1.54, 1.807) is 42.5 Å². The Hall–Kier alpha value is -4.30. The Kier molecular flexibility index (Phi) is 10.1. The molecule has 0 heterocycles. The molecule has 0 radical (unpaired) electrons. The van der Waals surface area contributed by atoms with E-state index in [1.165, 1.54) is 6.21 Å². The first-order valence-electron chi connectivity index (χ1n) is 11.5. The second kappa shape index (κ2) is 13.7. The predicted octanol–water partition coefficient (Wildman–Crippen LogP) is 5.39. The summed E-state index contributed by atoms with van der Waals surface area (Å²) >= 11 is 6.12. The molecular weight excluding hydrogens is 494 g/mol. The number of hydrogen-bond donors (Lipinski definition) is 2. The van der Waals surface area contributed by atoms with Crippen molar-refractivity contribution in [1.29, 1.82) is 0 Å². The van der Waals surface area contributed by atoms with Gasteiger partial charge in [0.15, 0.2) is 18.1 Å². The zero-order chi connectivity index (χ0) is 26.6. The summed E-state index contributed by atoms with van der Waals surface area (Å²) in [4.78, 5) is 24.9. The van der Waals surface area contributed by atoms with Crippen molar-refractivity contribution in [3.05, 3.63) is 95.0 Å². The highest BCUT2D eigenvalue weighted by atomic mass is 35.5. The average molecular weight is 522 g/mol. The highest BCUT2D eigenvalue weighted by Crippen LogP contribution is 2.28. The maximum atomic E-state index is 12.6.